The summed E-state index contributed by atoms with van der Waals surface area (Å²) in [5.41, 5.74) is -0.618. The van der Waals surface area contributed by atoms with Crippen LogP contribution in [0.3, 0.4) is 0 Å². The lowest BCUT2D eigenvalue weighted by Crippen LogP contribution is -2.47. The van der Waals surface area contributed by atoms with Crippen LogP contribution < -0.4 is 0 Å². The van der Waals surface area contributed by atoms with Crippen LogP contribution >= 0.6 is 0 Å². The second kappa shape index (κ2) is 8.09. The Morgan fingerprint density at radius 2 is 1.82 bits per heavy atom. The Balaban J connectivity index is 2.31. The maximum absolute atomic E-state index is 10.7. The third kappa shape index (κ3) is 6.15. The molecule has 0 aromatic heterocycles. The SMILES string of the molecule is C=C[C@@]1(C)CCC[C@@](C)(O)[C@@H]1CCOCOCC[Si](C)(C)C. The number of hydrogen-bond donors (Lipinski definition) is 1. The van der Waals surface area contributed by atoms with Crippen LogP contribution in [0, 0.1) is 11.3 Å². The van der Waals surface area contributed by atoms with Crippen molar-refractivity contribution in [2.75, 3.05) is 20.0 Å². The van der Waals surface area contributed by atoms with Gasteiger partial charge < -0.3 is 14.6 Å². The fourth-order valence-corrected chi connectivity index (χ4v) is 4.28. The summed E-state index contributed by atoms with van der Waals surface area (Å²) in [4.78, 5) is 0. The lowest BCUT2D eigenvalue weighted by Gasteiger charge is -2.48. The van der Waals surface area contributed by atoms with Crippen LogP contribution in [0.15, 0.2) is 12.7 Å². The highest BCUT2D eigenvalue weighted by Crippen LogP contribution is 2.48. The van der Waals surface area contributed by atoms with Crippen molar-refractivity contribution in [3.63, 3.8) is 0 Å². The van der Waals surface area contributed by atoms with Crippen LogP contribution in [0.4, 0.5) is 0 Å². The van der Waals surface area contributed by atoms with Crippen molar-refractivity contribution in [2.24, 2.45) is 11.3 Å². The van der Waals surface area contributed by atoms with Gasteiger partial charge in [-0.2, -0.15) is 0 Å². The fourth-order valence-electron chi connectivity index (χ4n) is 3.53. The third-order valence-corrected chi connectivity index (χ3v) is 6.83. The molecule has 0 aromatic carbocycles. The summed E-state index contributed by atoms with van der Waals surface area (Å²) in [6.07, 6.45) is 5.91. The van der Waals surface area contributed by atoms with E-state index in [9.17, 15) is 5.11 Å². The smallest absolute Gasteiger partial charge is 0.146 e. The Morgan fingerprint density at radius 3 is 2.41 bits per heavy atom. The van der Waals surface area contributed by atoms with Gasteiger partial charge in [-0.25, -0.2) is 0 Å². The van der Waals surface area contributed by atoms with Crippen LogP contribution in [0.1, 0.15) is 39.5 Å². The van der Waals surface area contributed by atoms with E-state index in [0.717, 1.165) is 32.3 Å². The predicted molar refractivity (Wildman–Crippen MR) is 95.8 cm³/mol. The van der Waals surface area contributed by atoms with Gasteiger partial charge in [-0.3, -0.25) is 0 Å². The minimum absolute atomic E-state index is 0.00377. The van der Waals surface area contributed by atoms with E-state index >= 15 is 0 Å². The van der Waals surface area contributed by atoms with Gasteiger partial charge in [-0.05, 0) is 50.0 Å². The Labute approximate surface area is 138 Å². The van der Waals surface area contributed by atoms with Gasteiger partial charge in [0, 0.05) is 21.3 Å². The molecule has 1 saturated carbocycles. The molecular formula is C18H36O3Si. The Bertz CT molecular complexity index is 349. The van der Waals surface area contributed by atoms with Gasteiger partial charge in [-0.15, -0.1) is 6.58 Å². The highest BCUT2D eigenvalue weighted by Gasteiger charge is 2.45. The summed E-state index contributed by atoms with van der Waals surface area (Å²) in [7, 11) is -1.02. The van der Waals surface area contributed by atoms with E-state index in [1.54, 1.807) is 0 Å². The molecule has 3 atom stereocenters. The molecule has 3 nitrogen and oxygen atoms in total. The van der Waals surface area contributed by atoms with Crippen molar-refractivity contribution in [3.05, 3.63) is 12.7 Å². The molecule has 1 fully saturated rings. The molecule has 1 N–H and O–H groups in total. The van der Waals surface area contributed by atoms with Gasteiger partial charge in [0.25, 0.3) is 0 Å². The van der Waals surface area contributed by atoms with Crippen LogP contribution in [0.2, 0.25) is 25.7 Å². The minimum atomic E-state index is -1.02. The summed E-state index contributed by atoms with van der Waals surface area (Å²) in [5, 5.41) is 10.7. The first kappa shape index (κ1) is 19.9. The lowest BCUT2D eigenvalue weighted by atomic mass is 9.60. The van der Waals surface area contributed by atoms with E-state index in [-0.39, 0.29) is 11.3 Å². The molecule has 1 rings (SSSR count). The van der Waals surface area contributed by atoms with Crippen molar-refractivity contribution in [2.45, 2.75) is 70.8 Å². The molecule has 0 bridgehead atoms. The van der Waals surface area contributed by atoms with Crippen LogP contribution in [-0.4, -0.2) is 38.8 Å². The Kier molecular flexibility index (Phi) is 7.31. The standard InChI is InChI=1S/C18H36O3Si/c1-7-17(2)10-8-11-18(3,19)16(17)9-12-20-15-21-13-14-22(4,5)6/h7,16,19H,1,8-15H2,2-6H3/t16-,17+,18-/m1/s1. The highest BCUT2D eigenvalue weighted by atomic mass is 28.3. The second-order valence-corrected chi connectivity index (χ2v) is 14.1. The number of allylic oxidation sites excluding steroid dienone is 1. The van der Waals surface area contributed by atoms with Crippen LogP contribution in [0.5, 0.6) is 0 Å². The van der Waals surface area contributed by atoms with E-state index < -0.39 is 13.7 Å². The Hall–Kier alpha value is -0.163. The van der Waals surface area contributed by atoms with Crippen LogP contribution in [-0.2, 0) is 9.47 Å². The van der Waals surface area contributed by atoms with Crippen molar-refractivity contribution < 1.29 is 14.6 Å². The number of aliphatic hydroxyl groups is 1. The zero-order chi connectivity index (χ0) is 16.9. The van der Waals surface area contributed by atoms with Gasteiger partial charge >= 0.3 is 0 Å². The average Bonchev–Trinajstić information content (AvgIpc) is 2.39. The molecule has 0 radical (unpaired) electrons. The first-order valence-corrected chi connectivity index (χ1v) is 12.3. The lowest BCUT2D eigenvalue weighted by molar-refractivity contribution is -0.104. The molecule has 0 amide bonds. The van der Waals surface area contributed by atoms with Crippen LogP contribution in [0.25, 0.3) is 0 Å². The van der Waals surface area contributed by atoms with E-state index in [0.29, 0.717) is 13.4 Å². The Morgan fingerprint density at radius 1 is 1.18 bits per heavy atom. The zero-order valence-electron chi connectivity index (χ0n) is 15.3. The molecule has 22 heavy (non-hydrogen) atoms. The largest absolute Gasteiger partial charge is 0.390 e. The molecule has 0 aliphatic heterocycles. The van der Waals surface area contributed by atoms with E-state index in [1.807, 2.05) is 13.0 Å². The second-order valence-electron chi connectivity index (χ2n) is 8.51. The van der Waals surface area contributed by atoms with Crippen molar-refractivity contribution in [3.8, 4) is 0 Å². The molecule has 4 heteroatoms. The van der Waals surface area contributed by atoms with Gasteiger partial charge in [0.15, 0.2) is 0 Å². The van der Waals surface area contributed by atoms with Gasteiger partial charge in [0.05, 0.1) is 5.60 Å². The normalized spacial score (nSPS) is 32.9. The van der Waals surface area contributed by atoms with E-state index in [2.05, 4.69) is 33.1 Å². The maximum atomic E-state index is 10.7. The quantitative estimate of drug-likeness (QED) is 0.294. The first-order valence-electron chi connectivity index (χ1n) is 8.62. The zero-order valence-corrected chi connectivity index (χ0v) is 16.3. The topological polar surface area (TPSA) is 38.7 Å². The van der Waals surface area contributed by atoms with E-state index in [1.165, 1.54) is 6.04 Å². The molecule has 0 unspecified atom stereocenters. The molecule has 1 aliphatic carbocycles. The summed E-state index contributed by atoms with van der Waals surface area (Å²) in [6, 6.07) is 1.17. The average molecular weight is 329 g/mol. The monoisotopic (exact) mass is 328 g/mol. The highest BCUT2D eigenvalue weighted by molar-refractivity contribution is 6.76. The molecule has 0 spiro atoms. The first-order chi connectivity index (χ1) is 10.1. The summed E-state index contributed by atoms with van der Waals surface area (Å²) < 4.78 is 11.2. The minimum Gasteiger partial charge on any atom is -0.390 e. The molecule has 130 valence electrons. The molecule has 0 saturated heterocycles. The van der Waals surface area contributed by atoms with Gasteiger partial charge in [0.2, 0.25) is 0 Å². The van der Waals surface area contributed by atoms with Crippen molar-refractivity contribution in [1.29, 1.82) is 0 Å². The fraction of sp³-hybridized carbons (Fsp3) is 0.889. The third-order valence-electron chi connectivity index (χ3n) is 5.13. The van der Waals surface area contributed by atoms with E-state index in [4.69, 9.17) is 9.47 Å². The summed E-state index contributed by atoms with van der Waals surface area (Å²) in [5.74, 6) is 0.202. The maximum Gasteiger partial charge on any atom is 0.146 e. The number of rotatable bonds is 9. The summed E-state index contributed by atoms with van der Waals surface area (Å²) in [6.45, 7) is 17.0. The molecule has 0 heterocycles. The molecule has 0 aromatic rings. The van der Waals surface area contributed by atoms with Gasteiger partial charge in [0.1, 0.15) is 6.79 Å². The summed E-state index contributed by atoms with van der Waals surface area (Å²) >= 11 is 0. The van der Waals surface area contributed by atoms with Crippen molar-refractivity contribution >= 4 is 8.07 Å². The number of hydrogen-bond acceptors (Lipinski definition) is 3. The van der Waals surface area contributed by atoms with Crippen molar-refractivity contribution in [1.82, 2.24) is 0 Å². The predicted octanol–water partition coefficient (Wildman–Crippen LogP) is 4.45. The van der Waals surface area contributed by atoms with Gasteiger partial charge in [-0.1, -0.05) is 32.6 Å². The molecule has 1 aliphatic rings. The number of ether oxygens (including phenoxy) is 2. The molecular weight excluding hydrogens is 292 g/mol.